The van der Waals surface area contributed by atoms with Crippen LogP contribution in [-0.2, 0) is 9.59 Å². The average Bonchev–Trinajstić information content (AvgIpc) is 2.40. The zero-order valence-corrected chi connectivity index (χ0v) is 12.7. The van der Waals surface area contributed by atoms with Gasteiger partial charge in [0.25, 0.3) is 0 Å². The van der Waals surface area contributed by atoms with Gasteiger partial charge in [0.05, 0.1) is 18.8 Å². The topological polar surface area (TPSA) is 61.4 Å². The van der Waals surface area contributed by atoms with Crippen LogP contribution in [0.15, 0.2) is 28.7 Å². The first-order valence-corrected chi connectivity index (χ1v) is 6.83. The number of benzene rings is 1. The third kappa shape index (κ3) is 5.40. The molecule has 1 rings (SSSR count). The largest absolute Gasteiger partial charge is 0.345 e. The molecule has 5 nitrogen and oxygen atoms in total. The number of likely N-dealkylation sites (N-methyl/N-ethyl adjacent to an activating group) is 1. The third-order valence-electron chi connectivity index (χ3n) is 2.61. The van der Waals surface area contributed by atoms with Gasteiger partial charge in [-0.3, -0.25) is 14.9 Å². The zero-order valence-electron chi connectivity index (χ0n) is 11.1. The average molecular weight is 328 g/mol. The molecule has 0 aliphatic heterocycles. The summed E-state index contributed by atoms with van der Waals surface area (Å²) in [7, 11) is 1.73. The van der Waals surface area contributed by atoms with E-state index in [1.165, 1.54) is 0 Å². The van der Waals surface area contributed by atoms with Crippen LogP contribution >= 0.6 is 15.9 Å². The number of para-hydroxylation sites is 1. The second kappa shape index (κ2) is 7.91. The number of carbonyl (C=O) groups excluding carboxylic acids is 2. The van der Waals surface area contributed by atoms with Crippen LogP contribution in [0.4, 0.5) is 5.69 Å². The number of hydrogen-bond acceptors (Lipinski definition) is 3. The smallest absolute Gasteiger partial charge is 0.238 e. The van der Waals surface area contributed by atoms with Crippen molar-refractivity contribution in [2.24, 2.45) is 0 Å². The lowest BCUT2D eigenvalue weighted by molar-refractivity contribution is -0.128. The van der Waals surface area contributed by atoms with Crippen LogP contribution in [0.2, 0.25) is 0 Å². The number of nitrogens with one attached hydrogen (secondary N) is 2. The number of anilines is 1. The Morgan fingerprint density at radius 3 is 2.58 bits per heavy atom. The van der Waals surface area contributed by atoms with E-state index in [0.29, 0.717) is 12.2 Å². The van der Waals surface area contributed by atoms with E-state index in [0.717, 1.165) is 4.47 Å². The molecule has 0 aliphatic carbocycles. The van der Waals surface area contributed by atoms with Crippen LogP contribution in [0.5, 0.6) is 0 Å². The lowest BCUT2D eigenvalue weighted by Gasteiger charge is -2.14. The number of halogens is 1. The molecule has 0 atom stereocenters. The van der Waals surface area contributed by atoms with Gasteiger partial charge in [-0.25, -0.2) is 0 Å². The quantitative estimate of drug-likeness (QED) is 0.831. The Morgan fingerprint density at radius 1 is 1.26 bits per heavy atom. The molecule has 0 spiro atoms. The highest BCUT2D eigenvalue weighted by Gasteiger charge is 2.08. The van der Waals surface area contributed by atoms with Gasteiger partial charge in [-0.15, -0.1) is 0 Å². The molecule has 2 amide bonds. The molecule has 0 saturated carbocycles. The SMILES string of the molecule is CCN(C)C(=O)CNCC(=O)Nc1ccccc1Br. The molecule has 104 valence electrons. The van der Waals surface area contributed by atoms with Gasteiger partial charge in [0.1, 0.15) is 0 Å². The molecule has 0 aromatic heterocycles. The van der Waals surface area contributed by atoms with Crippen LogP contribution in [0, 0.1) is 0 Å². The number of hydrogen-bond donors (Lipinski definition) is 2. The van der Waals surface area contributed by atoms with Gasteiger partial charge in [0.15, 0.2) is 0 Å². The number of nitrogens with zero attached hydrogens (tertiary/aromatic N) is 1. The predicted octanol–water partition coefficient (Wildman–Crippen LogP) is 1.46. The molecule has 0 fully saturated rings. The van der Waals surface area contributed by atoms with Gasteiger partial charge in [-0.1, -0.05) is 12.1 Å². The summed E-state index contributed by atoms with van der Waals surface area (Å²) in [5, 5.41) is 5.58. The first-order valence-electron chi connectivity index (χ1n) is 6.03. The molecule has 0 heterocycles. The monoisotopic (exact) mass is 327 g/mol. The molecule has 19 heavy (non-hydrogen) atoms. The third-order valence-corrected chi connectivity index (χ3v) is 3.30. The van der Waals surface area contributed by atoms with E-state index >= 15 is 0 Å². The van der Waals surface area contributed by atoms with Crippen molar-refractivity contribution in [3.05, 3.63) is 28.7 Å². The molecule has 2 N–H and O–H groups in total. The van der Waals surface area contributed by atoms with E-state index in [9.17, 15) is 9.59 Å². The normalized spacial score (nSPS) is 10.1. The van der Waals surface area contributed by atoms with Crippen molar-refractivity contribution >= 4 is 33.4 Å². The Balaban J connectivity index is 2.33. The molecule has 0 radical (unpaired) electrons. The van der Waals surface area contributed by atoms with Gasteiger partial charge in [0, 0.05) is 18.1 Å². The number of rotatable bonds is 6. The van der Waals surface area contributed by atoms with Crippen LogP contribution in [-0.4, -0.2) is 43.4 Å². The highest BCUT2D eigenvalue weighted by Crippen LogP contribution is 2.20. The fourth-order valence-electron chi connectivity index (χ4n) is 1.35. The van der Waals surface area contributed by atoms with Crippen molar-refractivity contribution in [1.29, 1.82) is 0 Å². The summed E-state index contributed by atoms with van der Waals surface area (Å²) in [6, 6.07) is 7.37. The van der Waals surface area contributed by atoms with Gasteiger partial charge in [0.2, 0.25) is 11.8 Å². The van der Waals surface area contributed by atoms with Gasteiger partial charge in [-0.05, 0) is 35.0 Å². The van der Waals surface area contributed by atoms with Crippen molar-refractivity contribution in [3.63, 3.8) is 0 Å². The number of amides is 2. The summed E-state index contributed by atoms with van der Waals surface area (Å²) in [5.74, 6) is -0.213. The maximum absolute atomic E-state index is 11.7. The summed E-state index contributed by atoms with van der Waals surface area (Å²) < 4.78 is 0.824. The van der Waals surface area contributed by atoms with Crippen LogP contribution in [0.25, 0.3) is 0 Å². The molecule has 1 aromatic rings. The number of carbonyl (C=O) groups is 2. The Hall–Kier alpha value is -1.40. The van der Waals surface area contributed by atoms with E-state index in [4.69, 9.17) is 0 Å². The van der Waals surface area contributed by atoms with Crippen molar-refractivity contribution in [2.75, 3.05) is 32.0 Å². The van der Waals surface area contributed by atoms with E-state index in [2.05, 4.69) is 26.6 Å². The summed E-state index contributed by atoms with van der Waals surface area (Å²) in [6.45, 7) is 2.82. The summed E-state index contributed by atoms with van der Waals surface area (Å²) in [4.78, 5) is 24.8. The molecule has 0 unspecified atom stereocenters. The minimum absolute atomic E-state index is 0.0313. The van der Waals surface area contributed by atoms with Crippen LogP contribution < -0.4 is 10.6 Å². The highest BCUT2D eigenvalue weighted by atomic mass is 79.9. The van der Waals surface area contributed by atoms with E-state index < -0.39 is 0 Å². The molecule has 6 heteroatoms. The van der Waals surface area contributed by atoms with Crippen molar-refractivity contribution in [2.45, 2.75) is 6.92 Å². The lowest BCUT2D eigenvalue weighted by atomic mass is 10.3. The fraction of sp³-hybridized carbons (Fsp3) is 0.385. The molecule has 0 aliphatic rings. The minimum atomic E-state index is -0.182. The molecule has 0 bridgehead atoms. The first-order chi connectivity index (χ1) is 9.04. The summed E-state index contributed by atoms with van der Waals surface area (Å²) >= 11 is 3.35. The standard InChI is InChI=1S/C13H18BrN3O2/c1-3-17(2)13(19)9-15-8-12(18)16-11-7-5-4-6-10(11)14/h4-7,15H,3,8-9H2,1-2H3,(H,16,18). The van der Waals surface area contributed by atoms with E-state index in [1.807, 2.05) is 25.1 Å². The van der Waals surface area contributed by atoms with Crippen molar-refractivity contribution in [1.82, 2.24) is 10.2 Å². The molecular weight excluding hydrogens is 310 g/mol. The Bertz CT molecular complexity index is 451. The van der Waals surface area contributed by atoms with E-state index in [1.54, 1.807) is 18.0 Å². The maximum atomic E-state index is 11.7. The Morgan fingerprint density at radius 2 is 1.95 bits per heavy atom. The molecule has 0 saturated heterocycles. The second-order valence-electron chi connectivity index (χ2n) is 4.04. The first kappa shape index (κ1) is 15.7. The van der Waals surface area contributed by atoms with Crippen molar-refractivity contribution < 1.29 is 9.59 Å². The Labute approximate surface area is 121 Å². The van der Waals surface area contributed by atoms with E-state index in [-0.39, 0.29) is 24.9 Å². The fourth-order valence-corrected chi connectivity index (χ4v) is 1.74. The minimum Gasteiger partial charge on any atom is -0.345 e. The van der Waals surface area contributed by atoms with Crippen molar-refractivity contribution in [3.8, 4) is 0 Å². The molecular formula is C13H18BrN3O2. The second-order valence-corrected chi connectivity index (χ2v) is 4.89. The predicted molar refractivity (Wildman–Crippen MR) is 79.0 cm³/mol. The zero-order chi connectivity index (χ0) is 14.3. The summed E-state index contributed by atoms with van der Waals surface area (Å²) in [5.41, 5.74) is 0.714. The van der Waals surface area contributed by atoms with Crippen LogP contribution in [0.1, 0.15) is 6.92 Å². The Kier molecular flexibility index (Phi) is 6.52. The molecule has 1 aromatic carbocycles. The van der Waals surface area contributed by atoms with Gasteiger partial charge >= 0.3 is 0 Å². The van der Waals surface area contributed by atoms with Gasteiger partial charge in [-0.2, -0.15) is 0 Å². The van der Waals surface area contributed by atoms with Crippen LogP contribution in [0.3, 0.4) is 0 Å². The summed E-state index contributed by atoms with van der Waals surface area (Å²) in [6.07, 6.45) is 0. The van der Waals surface area contributed by atoms with Gasteiger partial charge < -0.3 is 10.2 Å². The highest BCUT2D eigenvalue weighted by molar-refractivity contribution is 9.10. The lowest BCUT2D eigenvalue weighted by Crippen LogP contribution is -2.38. The maximum Gasteiger partial charge on any atom is 0.238 e.